The number of carboxylic acid groups (broad SMARTS) is 1. The van der Waals surface area contributed by atoms with Gasteiger partial charge in [-0.2, -0.15) is 0 Å². The van der Waals surface area contributed by atoms with E-state index in [1.54, 1.807) is 12.1 Å². The summed E-state index contributed by atoms with van der Waals surface area (Å²) in [5.41, 5.74) is 0.992. The zero-order valence-corrected chi connectivity index (χ0v) is 16.0. The van der Waals surface area contributed by atoms with E-state index in [1.165, 1.54) is 4.90 Å². The topological polar surface area (TPSA) is 107 Å². The fraction of sp³-hybridized carbons (Fsp3) is 0.389. The standard InChI is InChI=1S/C18H20Cl2N2O5/c19-13-6-5-11(9-14(13)20)3-1-7-21-17(26)12-10-22(18(27)16(12)25)8-2-4-15(23)24/h5-6,9,25H,1-4,7-8,10H2,(H,21,26)(H,23,24). The fourth-order valence-corrected chi connectivity index (χ4v) is 3.01. The van der Waals surface area contributed by atoms with Crippen LogP contribution >= 0.6 is 23.2 Å². The molecule has 0 saturated heterocycles. The Kier molecular flexibility index (Phi) is 7.50. The summed E-state index contributed by atoms with van der Waals surface area (Å²) in [6, 6.07) is 5.34. The smallest absolute Gasteiger partial charge is 0.303 e. The summed E-state index contributed by atoms with van der Waals surface area (Å²) in [5.74, 6) is -2.69. The Morgan fingerprint density at radius 3 is 2.59 bits per heavy atom. The lowest BCUT2D eigenvalue weighted by atomic mass is 10.1. The van der Waals surface area contributed by atoms with Crippen LogP contribution in [0.25, 0.3) is 0 Å². The summed E-state index contributed by atoms with van der Waals surface area (Å²) in [5, 5.41) is 22.1. The number of hydrogen-bond acceptors (Lipinski definition) is 4. The maximum absolute atomic E-state index is 12.2. The average Bonchev–Trinajstić information content (AvgIpc) is 2.90. The molecule has 0 saturated carbocycles. The van der Waals surface area contributed by atoms with Crippen LogP contribution in [0.5, 0.6) is 0 Å². The van der Waals surface area contributed by atoms with E-state index >= 15 is 0 Å². The number of aliphatic hydroxyl groups is 1. The highest BCUT2D eigenvalue weighted by Crippen LogP contribution is 2.23. The minimum absolute atomic E-state index is 0.00450. The summed E-state index contributed by atoms with van der Waals surface area (Å²) in [6.45, 7) is 0.509. The molecule has 0 aliphatic carbocycles. The predicted octanol–water partition coefficient (Wildman–Crippen LogP) is 2.56. The second kappa shape index (κ2) is 9.62. The van der Waals surface area contributed by atoms with Crippen molar-refractivity contribution in [2.75, 3.05) is 19.6 Å². The van der Waals surface area contributed by atoms with Gasteiger partial charge in [0, 0.05) is 19.5 Å². The molecule has 1 aliphatic heterocycles. The van der Waals surface area contributed by atoms with Crippen LogP contribution in [0, 0.1) is 0 Å². The number of carbonyl (C=O) groups excluding carboxylic acids is 2. The second-order valence-corrected chi connectivity index (χ2v) is 6.97. The van der Waals surface area contributed by atoms with Crippen molar-refractivity contribution < 1.29 is 24.6 Å². The van der Waals surface area contributed by atoms with Gasteiger partial charge in [-0.25, -0.2) is 0 Å². The molecule has 1 aliphatic rings. The number of benzene rings is 1. The van der Waals surface area contributed by atoms with Crippen LogP contribution in [0.4, 0.5) is 0 Å². The van der Waals surface area contributed by atoms with Gasteiger partial charge in [0.15, 0.2) is 5.76 Å². The van der Waals surface area contributed by atoms with Crippen molar-refractivity contribution in [1.82, 2.24) is 10.2 Å². The van der Waals surface area contributed by atoms with Gasteiger partial charge < -0.3 is 20.4 Å². The maximum atomic E-state index is 12.2. The summed E-state index contributed by atoms with van der Waals surface area (Å²) in [7, 11) is 0. The highest BCUT2D eigenvalue weighted by atomic mass is 35.5. The molecule has 0 unspecified atom stereocenters. The van der Waals surface area contributed by atoms with Gasteiger partial charge in [0.2, 0.25) is 0 Å². The number of aryl methyl sites for hydroxylation is 1. The van der Waals surface area contributed by atoms with Crippen LogP contribution in [0.3, 0.4) is 0 Å². The Labute approximate surface area is 166 Å². The summed E-state index contributed by atoms with van der Waals surface area (Å²) < 4.78 is 0. The largest absolute Gasteiger partial charge is 0.503 e. The number of halogens is 2. The van der Waals surface area contributed by atoms with Gasteiger partial charge in [0.1, 0.15) is 0 Å². The molecule has 0 radical (unpaired) electrons. The third kappa shape index (κ3) is 5.87. The highest BCUT2D eigenvalue weighted by Gasteiger charge is 2.33. The molecule has 0 spiro atoms. The Bertz CT molecular complexity index is 779. The van der Waals surface area contributed by atoms with Gasteiger partial charge >= 0.3 is 5.97 Å². The molecule has 2 rings (SSSR count). The lowest BCUT2D eigenvalue weighted by Crippen LogP contribution is -2.31. The minimum atomic E-state index is -0.959. The van der Waals surface area contributed by atoms with E-state index in [-0.39, 0.29) is 31.5 Å². The fourth-order valence-electron chi connectivity index (χ4n) is 2.69. The number of nitrogens with zero attached hydrogens (tertiary/aromatic N) is 1. The average molecular weight is 415 g/mol. The van der Waals surface area contributed by atoms with Crippen LogP contribution in [-0.4, -0.2) is 52.5 Å². The van der Waals surface area contributed by atoms with Crippen molar-refractivity contribution in [3.05, 3.63) is 45.1 Å². The van der Waals surface area contributed by atoms with Gasteiger partial charge in [-0.05, 0) is 37.0 Å². The first-order valence-corrected chi connectivity index (χ1v) is 9.20. The van der Waals surface area contributed by atoms with Crippen LogP contribution in [0.15, 0.2) is 29.5 Å². The van der Waals surface area contributed by atoms with Gasteiger partial charge in [-0.15, -0.1) is 0 Å². The van der Waals surface area contributed by atoms with E-state index in [0.717, 1.165) is 5.56 Å². The van der Waals surface area contributed by atoms with Crippen LogP contribution < -0.4 is 5.32 Å². The molecular formula is C18H20Cl2N2O5. The number of nitrogens with one attached hydrogen (secondary N) is 1. The molecule has 3 N–H and O–H groups in total. The molecule has 7 nitrogen and oxygen atoms in total. The van der Waals surface area contributed by atoms with E-state index in [0.29, 0.717) is 29.4 Å². The minimum Gasteiger partial charge on any atom is -0.503 e. The molecule has 0 aromatic heterocycles. The van der Waals surface area contributed by atoms with Crippen molar-refractivity contribution in [2.45, 2.75) is 25.7 Å². The monoisotopic (exact) mass is 414 g/mol. The van der Waals surface area contributed by atoms with Crippen molar-refractivity contribution in [2.24, 2.45) is 0 Å². The first-order chi connectivity index (χ1) is 12.8. The van der Waals surface area contributed by atoms with Crippen molar-refractivity contribution in [3.63, 3.8) is 0 Å². The lowest BCUT2D eigenvalue weighted by Gasteiger charge is -2.15. The van der Waals surface area contributed by atoms with Gasteiger partial charge in [-0.3, -0.25) is 14.4 Å². The zero-order valence-electron chi connectivity index (χ0n) is 14.5. The first-order valence-electron chi connectivity index (χ1n) is 8.45. The van der Waals surface area contributed by atoms with Crippen molar-refractivity contribution in [3.8, 4) is 0 Å². The maximum Gasteiger partial charge on any atom is 0.303 e. The molecule has 2 amide bonds. The molecule has 0 fully saturated rings. The number of carboxylic acids is 1. The number of aliphatic carboxylic acids is 1. The third-order valence-corrected chi connectivity index (χ3v) is 4.87. The molecular weight excluding hydrogens is 395 g/mol. The number of aliphatic hydroxyl groups excluding tert-OH is 1. The van der Waals surface area contributed by atoms with E-state index < -0.39 is 23.5 Å². The summed E-state index contributed by atoms with van der Waals surface area (Å²) >= 11 is 11.8. The van der Waals surface area contributed by atoms with Crippen LogP contribution in [-0.2, 0) is 20.8 Å². The molecule has 146 valence electrons. The number of carbonyl (C=O) groups is 3. The SMILES string of the molecule is O=C(O)CCCN1CC(C(=O)NCCCc2ccc(Cl)c(Cl)c2)=C(O)C1=O. The molecule has 1 aromatic carbocycles. The highest BCUT2D eigenvalue weighted by molar-refractivity contribution is 6.42. The quantitative estimate of drug-likeness (QED) is 0.538. The first kappa shape index (κ1) is 21.1. The summed E-state index contributed by atoms with van der Waals surface area (Å²) in [4.78, 5) is 35.9. The van der Waals surface area contributed by atoms with E-state index in [9.17, 15) is 19.5 Å². The van der Waals surface area contributed by atoms with Gasteiger partial charge in [0.05, 0.1) is 22.2 Å². The predicted molar refractivity (Wildman–Crippen MR) is 101 cm³/mol. The zero-order chi connectivity index (χ0) is 20.0. The van der Waals surface area contributed by atoms with E-state index in [4.69, 9.17) is 28.3 Å². The number of rotatable bonds is 9. The van der Waals surface area contributed by atoms with Crippen LogP contribution in [0.1, 0.15) is 24.8 Å². The lowest BCUT2D eigenvalue weighted by molar-refractivity contribution is -0.137. The second-order valence-electron chi connectivity index (χ2n) is 6.16. The number of amides is 2. The third-order valence-electron chi connectivity index (χ3n) is 4.13. The normalized spacial score (nSPS) is 14.0. The molecule has 1 heterocycles. The van der Waals surface area contributed by atoms with E-state index in [1.807, 2.05) is 6.07 Å². The molecule has 1 aromatic rings. The van der Waals surface area contributed by atoms with Crippen LogP contribution in [0.2, 0.25) is 10.0 Å². The Morgan fingerprint density at radius 1 is 1.19 bits per heavy atom. The Hall–Kier alpha value is -2.25. The van der Waals surface area contributed by atoms with Crippen molar-refractivity contribution in [1.29, 1.82) is 0 Å². The van der Waals surface area contributed by atoms with Crippen molar-refractivity contribution >= 4 is 41.0 Å². The Balaban J connectivity index is 1.78. The molecule has 0 atom stereocenters. The van der Waals surface area contributed by atoms with E-state index in [2.05, 4.69) is 5.32 Å². The summed E-state index contributed by atoms with van der Waals surface area (Å²) in [6.07, 6.45) is 1.50. The molecule has 9 heteroatoms. The number of hydrogen-bond donors (Lipinski definition) is 3. The molecule has 0 bridgehead atoms. The Morgan fingerprint density at radius 2 is 1.93 bits per heavy atom. The van der Waals surface area contributed by atoms with Gasteiger partial charge in [0.25, 0.3) is 11.8 Å². The molecule has 27 heavy (non-hydrogen) atoms. The van der Waals surface area contributed by atoms with Gasteiger partial charge in [-0.1, -0.05) is 29.3 Å².